The first-order valence-electron chi connectivity index (χ1n) is 10.4. The minimum Gasteiger partial charge on any atom is -0.428 e. The van der Waals surface area contributed by atoms with Gasteiger partial charge in [0.1, 0.15) is 11.9 Å². The molecule has 0 bridgehead atoms. The van der Waals surface area contributed by atoms with Crippen LogP contribution in [0.25, 0.3) is 28.2 Å². The number of pyridine rings is 1. The van der Waals surface area contributed by atoms with Crippen molar-refractivity contribution in [2.75, 3.05) is 0 Å². The van der Waals surface area contributed by atoms with Crippen LogP contribution in [0.4, 0.5) is 4.79 Å². The molecule has 0 N–H and O–H groups in total. The normalized spacial score (nSPS) is 11.1. The Morgan fingerprint density at radius 1 is 0.909 bits per heavy atom. The van der Waals surface area contributed by atoms with Gasteiger partial charge in [-0.2, -0.15) is 9.78 Å². The number of rotatable bonds is 5. The second kappa shape index (κ2) is 9.08. The van der Waals surface area contributed by atoms with Crippen molar-refractivity contribution in [2.45, 2.75) is 26.4 Å². The molecule has 0 aliphatic carbocycles. The minimum absolute atomic E-state index is 0.186. The van der Waals surface area contributed by atoms with Gasteiger partial charge in [-0.25, -0.2) is 9.78 Å². The van der Waals surface area contributed by atoms with Gasteiger partial charge in [0, 0.05) is 23.4 Å². The van der Waals surface area contributed by atoms with E-state index in [9.17, 15) is 9.59 Å². The summed E-state index contributed by atoms with van der Waals surface area (Å²) < 4.78 is 12.2. The number of hydrogen-bond donors (Lipinski definition) is 0. The summed E-state index contributed by atoms with van der Waals surface area (Å²) in [4.78, 5) is 27.8. The molecule has 2 aromatic heterocycles. The van der Waals surface area contributed by atoms with E-state index in [4.69, 9.17) is 9.47 Å². The van der Waals surface area contributed by atoms with Crippen LogP contribution in [0.15, 0.2) is 79.0 Å². The molecule has 4 rings (SSSR count). The first-order chi connectivity index (χ1) is 15.8. The van der Waals surface area contributed by atoms with Gasteiger partial charge in [0.2, 0.25) is 5.88 Å². The predicted octanol–water partition coefficient (Wildman–Crippen LogP) is 5.73. The average Bonchev–Trinajstić information content (AvgIpc) is 3.22. The number of carbonyl (C=O) groups excluding carboxylic acids is 2. The molecule has 0 spiro atoms. The summed E-state index contributed by atoms with van der Waals surface area (Å²) >= 11 is 0. The zero-order chi connectivity index (χ0) is 23.4. The summed E-state index contributed by atoms with van der Waals surface area (Å²) in [6, 6.07) is 22.2. The van der Waals surface area contributed by atoms with Crippen molar-refractivity contribution in [1.29, 1.82) is 0 Å². The Balaban J connectivity index is 1.73. The maximum Gasteiger partial charge on any atom is 0.515 e. The number of nitrogens with zero attached hydrogens (tertiary/aromatic N) is 3. The zero-order valence-corrected chi connectivity index (χ0v) is 18.6. The number of benzene rings is 2. The van der Waals surface area contributed by atoms with E-state index in [0.717, 1.165) is 23.0 Å². The number of aldehydes is 1. The van der Waals surface area contributed by atoms with Crippen LogP contribution < -0.4 is 4.74 Å². The van der Waals surface area contributed by atoms with Crippen LogP contribution in [0.1, 0.15) is 31.1 Å². The lowest BCUT2D eigenvalue weighted by atomic mass is 10.0. The van der Waals surface area contributed by atoms with E-state index >= 15 is 0 Å². The Labute approximate surface area is 191 Å². The van der Waals surface area contributed by atoms with Gasteiger partial charge < -0.3 is 9.47 Å². The van der Waals surface area contributed by atoms with E-state index < -0.39 is 11.8 Å². The smallest absolute Gasteiger partial charge is 0.428 e. The molecule has 7 heteroatoms. The molecule has 33 heavy (non-hydrogen) atoms. The molecule has 0 fully saturated rings. The molecular formula is C26H23N3O4. The summed E-state index contributed by atoms with van der Waals surface area (Å²) in [5, 5.41) is 4.63. The van der Waals surface area contributed by atoms with Crippen LogP contribution in [0.2, 0.25) is 0 Å². The molecule has 0 amide bonds. The monoisotopic (exact) mass is 441 g/mol. The first-order valence-corrected chi connectivity index (χ1v) is 10.4. The summed E-state index contributed by atoms with van der Waals surface area (Å²) in [5.41, 5.74) is 3.15. The summed E-state index contributed by atoms with van der Waals surface area (Å²) in [6.45, 7) is 5.29. The Morgan fingerprint density at radius 2 is 1.64 bits per heavy atom. The second-order valence-electron chi connectivity index (χ2n) is 8.36. The highest BCUT2D eigenvalue weighted by atomic mass is 16.7. The third-order valence-electron chi connectivity index (χ3n) is 4.63. The minimum atomic E-state index is -0.828. The van der Waals surface area contributed by atoms with E-state index in [-0.39, 0.29) is 5.88 Å². The van der Waals surface area contributed by atoms with Gasteiger partial charge in [0.25, 0.3) is 0 Å². The van der Waals surface area contributed by atoms with Gasteiger partial charge in [0.15, 0.2) is 5.82 Å². The predicted molar refractivity (Wildman–Crippen MR) is 124 cm³/mol. The van der Waals surface area contributed by atoms with Gasteiger partial charge in [-0.15, -0.1) is 0 Å². The Kier molecular flexibility index (Phi) is 6.04. The molecule has 0 saturated heterocycles. The van der Waals surface area contributed by atoms with Gasteiger partial charge in [-0.1, -0.05) is 42.5 Å². The zero-order valence-electron chi connectivity index (χ0n) is 18.6. The molecule has 166 valence electrons. The molecule has 0 saturated carbocycles. The maximum atomic E-state index is 12.3. The number of aromatic nitrogens is 3. The Morgan fingerprint density at radius 3 is 2.33 bits per heavy atom. The van der Waals surface area contributed by atoms with Crippen LogP contribution in [0, 0.1) is 0 Å². The Bertz CT molecular complexity index is 1290. The van der Waals surface area contributed by atoms with Crippen LogP contribution >= 0.6 is 0 Å². The molecule has 2 aromatic carbocycles. The SMILES string of the molecule is CC(C)(C)OC(=O)Oc1cc(-c2cccc(-c3cccc(C=O)c3)c2)nn1-c1ccccn1. The van der Waals surface area contributed by atoms with Crippen molar-refractivity contribution in [1.82, 2.24) is 14.8 Å². The van der Waals surface area contributed by atoms with E-state index in [0.29, 0.717) is 17.1 Å². The third-order valence-corrected chi connectivity index (χ3v) is 4.63. The van der Waals surface area contributed by atoms with Crippen molar-refractivity contribution in [2.24, 2.45) is 0 Å². The fourth-order valence-electron chi connectivity index (χ4n) is 3.23. The van der Waals surface area contributed by atoms with Crippen molar-refractivity contribution in [3.05, 3.63) is 84.6 Å². The van der Waals surface area contributed by atoms with E-state index in [1.807, 2.05) is 48.5 Å². The lowest BCUT2D eigenvalue weighted by Gasteiger charge is -2.18. The van der Waals surface area contributed by atoms with Crippen LogP contribution in [0.5, 0.6) is 5.88 Å². The van der Waals surface area contributed by atoms with Gasteiger partial charge in [0.05, 0.1) is 5.69 Å². The first kappa shape index (κ1) is 22.0. The average molecular weight is 441 g/mol. The molecule has 7 nitrogen and oxygen atoms in total. The van der Waals surface area contributed by atoms with Gasteiger partial charge in [-0.3, -0.25) is 4.79 Å². The molecule has 0 radical (unpaired) electrons. The number of carbonyl (C=O) groups is 2. The van der Waals surface area contributed by atoms with Crippen LogP contribution in [-0.2, 0) is 4.74 Å². The summed E-state index contributed by atoms with van der Waals surface area (Å²) in [7, 11) is 0. The summed E-state index contributed by atoms with van der Waals surface area (Å²) in [6.07, 6.45) is 1.63. The Hall–Kier alpha value is -4.26. The summed E-state index contributed by atoms with van der Waals surface area (Å²) in [5.74, 6) is 0.684. The second-order valence-corrected chi connectivity index (χ2v) is 8.36. The van der Waals surface area contributed by atoms with Gasteiger partial charge in [-0.05, 0) is 56.2 Å². The maximum absolute atomic E-state index is 12.3. The molecule has 4 aromatic rings. The quantitative estimate of drug-likeness (QED) is 0.291. The largest absolute Gasteiger partial charge is 0.515 e. The third kappa shape index (κ3) is 5.33. The molecule has 0 aliphatic rings. The molecule has 0 unspecified atom stereocenters. The van der Waals surface area contributed by atoms with Crippen molar-refractivity contribution < 1.29 is 19.1 Å². The molecular weight excluding hydrogens is 418 g/mol. The van der Waals surface area contributed by atoms with E-state index in [1.165, 1.54) is 4.68 Å². The number of ether oxygens (including phenoxy) is 2. The number of hydrogen-bond acceptors (Lipinski definition) is 6. The molecule has 0 atom stereocenters. The molecule has 0 aliphatic heterocycles. The molecule has 2 heterocycles. The highest BCUT2D eigenvalue weighted by Crippen LogP contribution is 2.30. The van der Waals surface area contributed by atoms with Crippen molar-refractivity contribution in [3.63, 3.8) is 0 Å². The van der Waals surface area contributed by atoms with Crippen LogP contribution in [-0.4, -0.2) is 32.8 Å². The fraction of sp³-hybridized carbons (Fsp3) is 0.154. The van der Waals surface area contributed by atoms with Crippen molar-refractivity contribution >= 4 is 12.4 Å². The fourth-order valence-corrected chi connectivity index (χ4v) is 3.23. The van der Waals surface area contributed by atoms with Crippen molar-refractivity contribution in [3.8, 4) is 34.1 Å². The highest BCUT2D eigenvalue weighted by molar-refractivity contribution is 5.80. The lowest BCUT2D eigenvalue weighted by Crippen LogP contribution is -2.26. The van der Waals surface area contributed by atoms with Gasteiger partial charge >= 0.3 is 6.16 Å². The van der Waals surface area contributed by atoms with Crippen LogP contribution in [0.3, 0.4) is 0 Å². The standard InChI is InChI=1S/C26H23N3O4/c1-26(2,3)33-25(31)32-24-16-22(28-29(24)23-12-4-5-13-27-23)21-11-7-10-20(15-21)19-9-6-8-18(14-19)17-30/h4-17H,1-3H3. The van der Waals surface area contributed by atoms with E-state index in [2.05, 4.69) is 10.1 Å². The lowest BCUT2D eigenvalue weighted by molar-refractivity contribution is 0.0192. The highest BCUT2D eigenvalue weighted by Gasteiger charge is 2.22. The topological polar surface area (TPSA) is 83.3 Å². The van der Waals surface area contributed by atoms with E-state index in [1.54, 1.807) is 51.2 Å².